The van der Waals surface area contributed by atoms with Gasteiger partial charge in [0.2, 0.25) is 6.29 Å². The fourth-order valence-corrected chi connectivity index (χ4v) is 9.80. The minimum atomic E-state index is -1.41. The highest BCUT2D eigenvalue weighted by Gasteiger charge is 2.56. The van der Waals surface area contributed by atoms with Crippen LogP contribution in [0.4, 0.5) is 0 Å². The number of rotatable bonds is 23. The smallest absolute Gasteiger partial charge is 0.262 e. The van der Waals surface area contributed by atoms with Gasteiger partial charge in [0.15, 0.2) is 6.29 Å². The number of hydrogen-bond acceptors (Lipinski definition) is 13. The lowest BCUT2D eigenvalue weighted by atomic mass is 9.94. The number of hydrogen-bond donors (Lipinski definition) is 1. The Bertz CT molecular complexity index is 2870. The summed E-state index contributed by atoms with van der Waals surface area (Å²) in [6.07, 6.45) is -9.32. The minimum Gasteiger partial charge on any atom is -0.497 e. The van der Waals surface area contributed by atoms with E-state index in [0.29, 0.717) is 11.5 Å². The van der Waals surface area contributed by atoms with Gasteiger partial charge < -0.3 is 52.5 Å². The predicted octanol–water partition coefficient (Wildman–Crippen LogP) is 9.12. The van der Waals surface area contributed by atoms with Crippen LogP contribution in [0.5, 0.6) is 11.5 Å². The van der Waals surface area contributed by atoms with Crippen molar-refractivity contribution < 1.29 is 62.1 Å². The third kappa shape index (κ3) is 12.6. The molecule has 0 spiro atoms. The van der Waals surface area contributed by atoms with Crippen molar-refractivity contribution in [2.24, 2.45) is 0 Å². The molecule has 0 radical (unpaired) electrons. The van der Waals surface area contributed by atoms with Crippen LogP contribution in [0, 0.1) is 0 Å². The number of aliphatic hydroxyl groups is 1. The highest BCUT2D eigenvalue weighted by molar-refractivity contribution is 6.21. The van der Waals surface area contributed by atoms with Crippen molar-refractivity contribution >= 4 is 11.8 Å². The van der Waals surface area contributed by atoms with Gasteiger partial charge in [-0.15, -0.1) is 0 Å². The summed E-state index contributed by atoms with van der Waals surface area (Å²) in [5, 5.41) is 11.2. The zero-order chi connectivity index (χ0) is 52.1. The molecule has 0 aromatic heterocycles. The predicted molar refractivity (Wildman–Crippen MR) is 280 cm³/mol. The lowest BCUT2D eigenvalue weighted by molar-refractivity contribution is -0.331. The van der Waals surface area contributed by atoms with Gasteiger partial charge in [-0.3, -0.25) is 14.5 Å². The third-order valence-electron chi connectivity index (χ3n) is 13.7. The normalized spacial score (nSPS) is 24.3. The van der Waals surface area contributed by atoms with E-state index in [0.717, 1.165) is 32.7 Å². The van der Waals surface area contributed by atoms with Crippen LogP contribution >= 0.6 is 0 Å². The Labute approximate surface area is 442 Å². The number of imide groups is 1. The van der Waals surface area contributed by atoms with E-state index in [1.807, 2.05) is 152 Å². The molecular weight excluding hydrogens is 967 g/mol. The summed E-state index contributed by atoms with van der Waals surface area (Å²) in [4.78, 5) is 30.6. The summed E-state index contributed by atoms with van der Waals surface area (Å²) < 4.78 is 67.3. The number of ether oxygens (including phenoxy) is 10. The molecule has 0 saturated carbocycles. The molecule has 0 bridgehead atoms. The summed E-state index contributed by atoms with van der Waals surface area (Å²) >= 11 is 0. The lowest BCUT2D eigenvalue weighted by Gasteiger charge is -2.49. The van der Waals surface area contributed by atoms with Crippen LogP contribution in [0.15, 0.2) is 200 Å². The van der Waals surface area contributed by atoms with Gasteiger partial charge in [-0.05, 0) is 64.2 Å². The molecule has 3 heterocycles. The molecule has 7 aromatic rings. The SMILES string of the molecule is COc1ccc(O[C@@H]2O[C@H](CO[C@@H]3O[C@H](CO)[C@@H](OCc4ccccc4)[C@H](OCc4ccccc4)[C@H]3N3C(=O)c4ccccc4C3=O)[C@@H](OCc3ccccc3)[C@H](OCc3ccccc3)[C@H]2OCc2ccccc2)cc1. The van der Waals surface area contributed by atoms with Gasteiger partial charge in [-0.2, -0.15) is 0 Å². The van der Waals surface area contributed by atoms with Crippen LogP contribution in [0.1, 0.15) is 48.5 Å². The molecule has 392 valence electrons. The van der Waals surface area contributed by atoms with E-state index in [2.05, 4.69) is 0 Å². The number of amides is 2. The van der Waals surface area contributed by atoms with Gasteiger partial charge in [0.25, 0.3) is 11.8 Å². The summed E-state index contributed by atoms with van der Waals surface area (Å²) in [7, 11) is 1.59. The standard InChI is InChI=1S/C62H61NO13/c1-67-47-31-33-48(34-32-47)74-62-58(72-40-46-27-15-6-16-28-46)57(71-39-45-25-13-5-14-26-45)55(69-37-43-21-9-3-10-22-43)52(76-62)41-73-61-53(63-59(65)49-29-17-18-30-50(49)60(63)66)56(70-38-44-23-11-4-12-24-44)54(51(35-64)75-61)68-36-42-19-7-2-8-20-42/h2-34,51-58,61-62,64H,35-41H2,1H3/t51-,52-,53-,54-,55-,56-,57+,58-,61-,62-/m1/s1. The topological polar surface area (TPSA) is 150 Å². The van der Waals surface area contributed by atoms with Crippen molar-refractivity contribution in [3.63, 3.8) is 0 Å². The Morgan fingerprint density at radius 2 is 0.776 bits per heavy atom. The van der Waals surface area contributed by atoms with E-state index in [9.17, 15) is 14.7 Å². The molecule has 14 heteroatoms. The molecule has 3 aliphatic rings. The third-order valence-corrected chi connectivity index (χ3v) is 13.7. The number of carbonyl (C=O) groups is 2. The van der Waals surface area contributed by atoms with Crippen molar-refractivity contribution in [3.8, 4) is 11.5 Å². The molecule has 76 heavy (non-hydrogen) atoms. The van der Waals surface area contributed by atoms with Gasteiger partial charge in [-0.1, -0.05) is 164 Å². The van der Waals surface area contributed by atoms with Crippen LogP contribution in [0.2, 0.25) is 0 Å². The van der Waals surface area contributed by atoms with Crippen molar-refractivity contribution in [1.29, 1.82) is 0 Å². The largest absolute Gasteiger partial charge is 0.497 e. The van der Waals surface area contributed by atoms with Crippen molar-refractivity contribution in [3.05, 3.63) is 239 Å². The van der Waals surface area contributed by atoms with Crippen molar-refractivity contribution in [2.45, 2.75) is 94.4 Å². The van der Waals surface area contributed by atoms with Crippen LogP contribution < -0.4 is 9.47 Å². The zero-order valence-electron chi connectivity index (χ0n) is 42.1. The molecule has 2 saturated heterocycles. The second-order valence-electron chi connectivity index (χ2n) is 18.7. The van der Waals surface area contributed by atoms with Gasteiger partial charge in [-0.25, -0.2) is 0 Å². The van der Waals surface area contributed by atoms with Crippen molar-refractivity contribution in [1.82, 2.24) is 4.90 Å². The van der Waals surface area contributed by atoms with E-state index in [4.69, 9.17) is 47.4 Å². The maximum absolute atomic E-state index is 14.7. The monoisotopic (exact) mass is 1030 g/mol. The van der Waals surface area contributed by atoms with E-state index < -0.39 is 79.8 Å². The summed E-state index contributed by atoms with van der Waals surface area (Å²) in [5.41, 5.74) is 4.87. The second kappa shape index (κ2) is 25.6. The Morgan fingerprint density at radius 1 is 0.408 bits per heavy atom. The van der Waals surface area contributed by atoms with Gasteiger partial charge in [0, 0.05) is 0 Å². The van der Waals surface area contributed by atoms with E-state index >= 15 is 0 Å². The minimum absolute atomic E-state index is 0.0670. The highest BCUT2D eigenvalue weighted by atomic mass is 16.7. The fraction of sp³-hybridized carbons (Fsp3) is 0.290. The average molecular weight is 1030 g/mol. The van der Waals surface area contributed by atoms with Crippen LogP contribution in [0.25, 0.3) is 0 Å². The maximum Gasteiger partial charge on any atom is 0.262 e. The molecule has 10 atom stereocenters. The van der Waals surface area contributed by atoms with Gasteiger partial charge >= 0.3 is 0 Å². The molecule has 0 unspecified atom stereocenters. The quantitative estimate of drug-likeness (QED) is 0.0608. The number of benzene rings is 7. The molecule has 10 rings (SSSR count). The fourth-order valence-electron chi connectivity index (χ4n) is 9.80. The number of aliphatic hydroxyl groups excluding tert-OH is 1. The van der Waals surface area contributed by atoms with E-state index in [1.165, 1.54) is 0 Å². The molecule has 2 fully saturated rings. The molecule has 2 amide bonds. The number of fused-ring (bicyclic) bond motifs is 1. The van der Waals surface area contributed by atoms with Crippen LogP contribution in [0.3, 0.4) is 0 Å². The first-order valence-electron chi connectivity index (χ1n) is 25.5. The zero-order valence-corrected chi connectivity index (χ0v) is 42.1. The lowest BCUT2D eigenvalue weighted by Crippen LogP contribution is -2.67. The molecular formula is C62H61NO13. The first-order chi connectivity index (χ1) is 37.4. The summed E-state index contributed by atoms with van der Waals surface area (Å²) in [6.45, 7) is -0.0728. The number of carbonyl (C=O) groups excluding carboxylic acids is 2. The Balaban J connectivity index is 1.04. The molecule has 0 aliphatic carbocycles. The number of nitrogens with zero attached hydrogens (tertiary/aromatic N) is 1. The Hall–Kier alpha value is -7.08. The Kier molecular flexibility index (Phi) is 17.7. The molecule has 7 aromatic carbocycles. The van der Waals surface area contributed by atoms with Crippen molar-refractivity contribution in [2.75, 3.05) is 20.3 Å². The average Bonchev–Trinajstić information content (AvgIpc) is 3.77. The van der Waals surface area contributed by atoms with Crippen LogP contribution in [-0.2, 0) is 70.9 Å². The van der Waals surface area contributed by atoms with Crippen LogP contribution in [-0.4, -0.2) is 103 Å². The molecule has 3 aliphatic heterocycles. The van der Waals surface area contributed by atoms with Gasteiger partial charge in [0.1, 0.15) is 60.3 Å². The first-order valence-corrected chi connectivity index (χ1v) is 25.5. The van der Waals surface area contributed by atoms with E-state index in [1.54, 1.807) is 55.6 Å². The summed E-state index contributed by atoms with van der Waals surface area (Å²) in [5.74, 6) is -0.00646. The maximum atomic E-state index is 14.7. The summed E-state index contributed by atoms with van der Waals surface area (Å²) in [6, 6.07) is 61.0. The highest BCUT2D eigenvalue weighted by Crippen LogP contribution is 2.38. The second-order valence-corrected chi connectivity index (χ2v) is 18.7. The van der Waals surface area contributed by atoms with E-state index in [-0.39, 0.29) is 50.8 Å². The number of methoxy groups -OCH3 is 1. The molecule has 1 N–H and O–H groups in total. The Morgan fingerprint density at radius 3 is 1.21 bits per heavy atom. The first kappa shape index (κ1) is 52.4. The van der Waals surface area contributed by atoms with Gasteiger partial charge in [0.05, 0.1) is 64.5 Å². The molecule has 14 nitrogen and oxygen atoms in total.